The van der Waals surface area contributed by atoms with Crippen LogP contribution in [0, 0.1) is 12.3 Å². The number of allylic oxidation sites excluding steroid dienone is 2. The highest BCUT2D eigenvalue weighted by atomic mass is 16.5. The van der Waals surface area contributed by atoms with Crippen molar-refractivity contribution in [1.82, 2.24) is 9.97 Å². The van der Waals surface area contributed by atoms with E-state index in [9.17, 15) is 9.90 Å². The molecule has 32 heavy (non-hydrogen) atoms. The molecule has 2 bridgehead atoms. The zero-order valence-corrected chi connectivity index (χ0v) is 18.9. The van der Waals surface area contributed by atoms with E-state index in [2.05, 4.69) is 53.4 Å². The number of benzene rings is 1. The summed E-state index contributed by atoms with van der Waals surface area (Å²) in [7, 11) is 0. The Hall–Kier alpha value is -2.70. The van der Waals surface area contributed by atoms with Crippen LogP contribution in [0.1, 0.15) is 73.4 Å². The van der Waals surface area contributed by atoms with Gasteiger partial charge in [0.05, 0.1) is 17.8 Å². The molecule has 3 aliphatic rings. The number of amides is 1. The van der Waals surface area contributed by atoms with E-state index in [-0.39, 0.29) is 23.5 Å². The minimum Gasteiger partial charge on any atom is -0.385 e. The van der Waals surface area contributed by atoms with Crippen molar-refractivity contribution in [2.24, 2.45) is 5.41 Å². The van der Waals surface area contributed by atoms with E-state index in [1.807, 2.05) is 19.1 Å². The first kappa shape index (κ1) is 21.2. The average molecular weight is 434 g/mol. The van der Waals surface area contributed by atoms with E-state index in [4.69, 9.17) is 4.74 Å². The molecule has 0 radical (unpaired) electrons. The first-order chi connectivity index (χ1) is 15.2. The fourth-order valence-electron chi connectivity index (χ4n) is 5.02. The van der Waals surface area contributed by atoms with Gasteiger partial charge in [0, 0.05) is 36.0 Å². The van der Waals surface area contributed by atoms with Gasteiger partial charge in [0.1, 0.15) is 0 Å². The fourth-order valence-corrected chi connectivity index (χ4v) is 5.02. The summed E-state index contributed by atoms with van der Waals surface area (Å²) in [5, 5.41) is 14.6. The maximum Gasteiger partial charge on any atom is 0.291 e. The molecule has 3 N–H and O–H groups in total. The lowest BCUT2D eigenvalue weighted by molar-refractivity contribution is -0.107. The second-order valence-corrected chi connectivity index (χ2v) is 10.3. The molecule has 1 amide bonds. The largest absolute Gasteiger partial charge is 0.385 e. The number of nitrogens with one attached hydrogen (secondary N) is 2. The highest BCUT2D eigenvalue weighted by Crippen LogP contribution is 2.44. The molecule has 1 aromatic heterocycles. The molecule has 0 saturated carbocycles. The SMILES string of the molecule is Cc1cnc(C(=O)Nc2ccc(C3(O)CC4C=C[C@@H](C3)O4)cc2C2=CCC(C)(C)CC2)[nH]1. The Morgan fingerprint density at radius 2 is 2.00 bits per heavy atom. The van der Waals surface area contributed by atoms with Gasteiger partial charge < -0.3 is 20.1 Å². The van der Waals surface area contributed by atoms with Crippen molar-refractivity contribution in [1.29, 1.82) is 0 Å². The molecule has 6 nitrogen and oxygen atoms in total. The van der Waals surface area contributed by atoms with E-state index in [1.54, 1.807) is 6.20 Å². The van der Waals surface area contributed by atoms with Crippen LogP contribution >= 0.6 is 0 Å². The van der Waals surface area contributed by atoms with Crippen molar-refractivity contribution in [3.8, 4) is 0 Å². The van der Waals surface area contributed by atoms with Crippen LogP contribution in [0.3, 0.4) is 0 Å². The molecule has 3 atom stereocenters. The predicted octanol–water partition coefficient (Wildman–Crippen LogP) is 4.87. The molecule has 6 heteroatoms. The lowest BCUT2D eigenvalue weighted by atomic mass is 9.76. The summed E-state index contributed by atoms with van der Waals surface area (Å²) in [6.45, 7) is 6.44. The van der Waals surface area contributed by atoms with Crippen molar-refractivity contribution in [2.45, 2.75) is 70.7 Å². The summed E-state index contributed by atoms with van der Waals surface area (Å²) in [5.41, 5.74) is 4.00. The minimum atomic E-state index is -0.943. The summed E-state index contributed by atoms with van der Waals surface area (Å²) in [6.07, 6.45) is 12.0. The summed E-state index contributed by atoms with van der Waals surface area (Å²) < 4.78 is 5.86. The third-order valence-corrected chi connectivity index (χ3v) is 7.01. The number of imidazole rings is 1. The van der Waals surface area contributed by atoms with E-state index >= 15 is 0 Å². The number of aryl methyl sites for hydroxylation is 1. The molecule has 1 saturated heterocycles. The first-order valence-electron chi connectivity index (χ1n) is 11.4. The van der Waals surface area contributed by atoms with Crippen LogP contribution in [-0.2, 0) is 10.3 Å². The van der Waals surface area contributed by atoms with Crippen molar-refractivity contribution in [3.05, 3.63) is 65.3 Å². The van der Waals surface area contributed by atoms with Crippen molar-refractivity contribution in [3.63, 3.8) is 0 Å². The monoisotopic (exact) mass is 433 g/mol. The summed E-state index contributed by atoms with van der Waals surface area (Å²) in [6, 6.07) is 5.92. The molecular formula is C26H31N3O3. The number of aromatic nitrogens is 2. The number of aliphatic hydroxyl groups is 1. The molecule has 2 unspecified atom stereocenters. The van der Waals surface area contributed by atoms with E-state index in [1.165, 1.54) is 5.57 Å². The van der Waals surface area contributed by atoms with Crippen LogP contribution < -0.4 is 5.32 Å². The molecule has 1 aliphatic carbocycles. The highest BCUT2D eigenvalue weighted by Gasteiger charge is 2.42. The molecule has 1 aromatic carbocycles. The number of rotatable bonds is 4. The normalized spacial score (nSPS) is 28.4. The Morgan fingerprint density at radius 1 is 1.25 bits per heavy atom. The van der Waals surface area contributed by atoms with Gasteiger partial charge in [-0.3, -0.25) is 4.79 Å². The van der Waals surface area contributed by atoms with Crippen LogP contribution in [0.2, 0.25) is 0 Å². The lowest BCUT2D eigenvalue weighted by Crippen LogP contribution is -2.39. The second-order valence-electron chi connectivity index (χ2n) is 10.3. The third-order valence-electron chi connectivity index (χ3n) is 7.01. The Labute approximate surface area is 188 Å². The van der Waals surface area contributed by atoms with Gasteiger partial charge in [-0.2, -0.15) is 0 Å². The van der Waals surface area contributed by atoms with E-state index in [0.29, 0.717) is 18.7 Å². The molecule has 1 fully saturated rings. The molecule has 3 heterocycles. The van der Waals surface area contributed by atoms with Gasteiger partial charge in [0.2, 0.25) is 0 Å². The molecule has 0 spiro atoms. The smallest absolute Gasteiger partial charge is 0.291 e. The van der Waals surface area contributed by atoms with Gasteiger partial charge >= 0.3 is 0 Å². The molecule has 168 valence electrons. The number of fused-ring (bicyclic) bond motifs is 2. The second kappa shape index (κ2) is 7.71. The number of carbonyl (C=O) groups excluding carboxylic acids is 1. The third kappa shape index (κ3) is 4.05. The van der Waals surface area contributed by atoms with Gasteiger partial charge in [-0.25, -0.2) is 4.98 Å². The van der Waals surface area contributed by atoms with Crippen molar-refractivity contribution < 1.29 is 14.6 Å². The molecular weight excluding hydrogens is 402 g/mol. The Balaban J connectivity index is 1.50. The van der Waals surface area contributed by atoms with Crippen LogP contribution in [0.15, 0.2) is 42.6 Å². The number of nitrogens with zero attached hydrogens (tertiary/aromatic N) is 1. The van der Waals surface area contributed by atoms with Crippen LogP contribution in [-0.4, -0.2) is 33.2 Å². The van der Waals surface area contributed by atoms with Crippen LogP contribution in [0.25, 0.3) is 5.57 Å². The average Bonchev–Trinajstić information content (AvgIpc) is 3.33. The Bertz CT molecular complexity index is 1100. The Kier molecular flexibility index (Phi) is 5.10. The number of aromatic amines is 1. The van der Waals surface area contributed by atoms with Gasteiger partial charge in [0.15, 0.2) is 5.82 Å². The number of hydrogen-bond acceptors (Lipinski definition) is 4. The summed E-state index contributed by atoms with van der Waals surface area (Å²) in [4.78, 5) is 20.0. The standard InChI is InChI=1S/C26H31N3O3/c1-16-15-27-23(28-16)24(30)29-22-7-4-18(26(31)13-19-5-6-20(14-26)32-19)12-21(22)17-8-10-25(2,3)11-9-17/h4-8,12,15,19-20,31H,9-11,13-14H2,1-3H3,(H,27,28)(H,29,30)/t19-,20?,26?/m0/s1. The lowest BCUT2D eigenvalue weighted by Gasteiger charge is -2.37. The van der Waals surface area contributed by atoms with Crippen LogP contribution in [0.4, 0.5) is 5.69 Å². The fraction of sp³-hybridized carbons (Fsp3) is 0.462. The number of H-pyrrole nitrogens is 1. The zero-order valence-electron chi connectivity index (χ0n) is 18.9. The molecule has 2 aliphatic heterocycles. The van der Waals surface area contributed by atoms with Crippen molar-refractivity contribution in [2.75, 3.05) is 5.32 Å². The molecule has 2 aromatic rings. The minimum absolute atomic E-state index is 0.0431. The van der Waals surface area contributed by atoms with E-state index < -0.39 is 5.60 Å². The number of carbonyl (C=O) groups is 1. The zero-order chi connectivity index (χ0) is 22.5. The number of anilines is 1. The highest BCUT2D eigenvalue weighted by molar-refractivity contribution is 6.03. The predicted molar refractivity (Wildman–Crippen MR) is 124 cm³/mol. The maximum atomic E-state index is 12.8. The Morgan fingerprint density at radius 3 is 2.62 bits per heavy atom. The van der Waals surface area contributed by atoms with Gasteiger partial charge in [-0.1, -0.05) is 38.1 Å². The first-order valence-corrected chi connectivity index (χ1v) is 11.4. The topological polar surface area (TPSA) is 87.2 Å². The molecule has 5 rings (SSSR count). The quantitative estimate of drug-likeness (QED) is 0.601. The van der Waals surface area contributed by atoms with E-state index in [0.717, 1.165) is 41.8 Å². The van der Waals surface area contributed by atoms with Crippen LogP contribution in [0.5, 0.6) is 0 Å². The number of hydrogen-bond donors (Lipinski definition) is 3. The van der Waals surface area contributed by atoms with Crippen molar-refractivity contribution >= 4 is 17.2 Å². The van der Waals surface area contributed by atoms with Gasteiger partial charge in [0.25, 0.3) is 5.91 Å². The summed E-state index contributed by atoms with van der Waals surface area (Å²) in [5.74, 6) is 0.0258. The van der Waals surface area contributed by atoms with Gasteiger partial charge in [-0.15, -0.1) is 0 Å². The maximum absolute atomic E-state index is 12.8. The van der Waals surface area contributed by atoms with Gasteiger partial charge in [-0.05, 0) is 54.9 Å². The number of ether oxygens (including phenoxy) is 1. The summed E-state index contributed by atoms with van der Waals surface area (Å²) >= 11 is 0.